The third-order valence-electron chi connectivity index (χ3n) is 5.86. The molecule has 1 fully saturated rings. The molecule has 1 unspecified atom stereocenters. The Labute approximate surface area is 219 Å². The van der Waals surface area contributed by atoms with Crippen LogP contribution in [-0.4, -0.2) is 64.3 Å². The van der Waals surface area contributed by atoms with Crippen molar-refractivity contribution in [2.45, 2.75) is 30.4 Å². The monoisotopic (exact) mass is 529 g/mol. The third-order valence-corrected chi connectivity index (χ3v) is 7.78. The smallest absolute Gasteiger partial charge is 0.229 e. The molecule has 0 aliphatic carbocycles. The van der Waals surface area contributed by atoms with Gasteiger partial charge in [0.2, 0.25) is 5.95 Å². The van der Waals surface area contributed by atoms with E-state index >= 15 is 0 Å². The number of para-hydroxylation sites is 1. The van der Waals surface area contributed by atoms with Gasteiger partial charge in [0.1, 0.15) is 10.8 Å². The second-order valence-corrected chi connectivity index (χ2v) is 11.1. The number of rotatable bonds is 10. The molecule has 1 atom stereocenters. The van der Waals surface area contributed by atoms with Crippen LogP contribution in [0.1, 0.15) is 19.4 Å². The lowest BCUT2D eigenvalue weighted by Gasteiger charge is -2.26. The molecular formula is C26H32ClN5O3S. The van der Waals surface area contributed by atoms with Gasteiger partial charge in [-0.1, -0.05) is 43.6 Å². The zero-order chi connectivity index (χ0) is 25.5. The molecular weight excluding hydrogens is 498 g/mol. The van der Waals surface area contributed by atoms with Gasteiger partial charge in [0.15, 0.2) is 5.82 Å². The number of nitrogens with one attached hydrogen (secondary N) is 2. The number of morpholine rings is 1. The van der Waals surface area contributed by atoms with Gasteiger partial charge < -0.3 is 20.1 Å². The quantitative estimate of drug-likeness (QED) is 0.378. The van der Waals surface area contributed by atoms with E-state index in [4.69, 9.17) is 21.1 Å². The topological polar surface area (TPSA) is 88.6 Å². The predicted molar refractivity (Wildman–Crippen MR) is 146 cm³/mol. The number of methoxy groups -OCH3 is 1. The second kappa shape index (κ2) is 12.5. The molecule has 0 bridgehead atoms. The summed E-state index contributed by atoms with van der Waals surface area (Å²) >= 11 is 6.41. The fourth-order valence-electron chi connectivity index (χ4n) is 3.88. The van der Waals surface area contributed by atoms with Crippen LogP contribution in [0.3, 0.4) is 0 Å². The zero-order valence-corrected chi connectivity index (χ0v) is 22.4. The van der Waals surface area contributed by atoms with E-state index in [9.17, 15) is 4.21 Å². The lowest BCUT2D eigenvalue weighted by molar-refractivity contribution is 0.0384. The van der Waals surface area contributed by atoms with Gasteiger partial charge in [-0.15, -0.1) is 0 Å². The molecule has 2 N–H and O–H groups in total. The third kappa shape index (κ3) is 6.73. The molecule has 2 heterocycles. The SMILES string of the molecule is COc1ccc(CCN2CCOCC2)cc1Nc1ncc(Cl)c(Nc2ccccc2S(=O)C(C)C)n1. The van der Waals surface area contributed by atoms with E-state index in [2.05, 4.69) is 37.6 Å². The van der Waals surface area contributed by atoms with Gasteiger partial charge in [0, 0.05) is 24.9 Å². The molecule has 1 aliphatic rings. The van der Waals surface area contributed by atoms with Crippen molar-refractivity contribution in [1.29, 1.82) is 0 Å². The lowest BCUT2D eigenvalue weighted by atomic mass is 10.1. The van der Waals surface area contributed by atoms with E-state index in [1.165, 1.54) is 11.8 Å². The van der Waals surface area contributed by atoms with Crippen molar-refractivity contribution in [2.75, 3.05) is 50.6 Å². The minimum absolute atomic E-state index is 0.0194. The molecule has 0 radical (unpaired) electrons. The predicted octanol–water partition coefficient (Wildman–Crippen LogP) is 5.02. The van der Waals surface area contributed by atoms with Crippen molar-refractivity contribution < 1.29 is 13.7 Å². The Bertz CT molecular complexity index is 1200. The van der Waals surface area contributed by atoms with Crippen LogP contribution in [0.5, 0.6) is 5.75 Å². The second-order valence-electron chi connectivity index (χ2n) is 8.72. The number of hydrogen-bond acceptors (Lipinski definition) is 8. The first-order chi connectivity index (χ1) is 17.4. The number of benzene rings is 2. The summed E-state index contributed by atoms with van der Waals surface area (Å²) in [4.78, 5) is 12.1. The molecule has 2 aromatic carbocycles. The molecule has 0 spiro atoms. The van der Waals surface area contributed by atoms with Gasteiger partial charge in [0.25, 0.3) is 0 Å². The summed E-state index contributed by atoms with van der Waals surface area (Å²) in [5.74, 6) is 1.48. The maximum Gasteiger partial charge on any atom is 0.229 e. The largest absolute Gasteiger partial charge is 0.495 e. The minimum Gasteiger partial charge on any atom is -0.495 e. The number of anilines is 4. The Morgan fingerprint density at radius 2 is 1.92 bits per heavy atom. The van der Waals surface area contributed by atoms with E-state index < -0.39 is 10.8 Å². The molecule has 192 valence electrons. The van der Waals surface area contributed by atoms with Gasteiger partial charge in [0.05, 0.1) is 53.6 Å². The van der Waals surface area contributed by atoms with Crippen molar-refractivity contribution in [3.63, 3.8) is 0 Å². The van der Waals surface area contributed by atoms with Crippen LogP contribution in [0.2, 0.25) is 5.02 Å². The first-order valence-electron chi connectivity index (χ1n) is 12.0. The molecule has 1 aliphatic heterocycles. The maximum absolute atomic E-state index is 12.8. The summed E-state index contributed by atoms with van der Waals surface area (Å²) in [7, 11) is 0.468. The number of nitrogens with zero attached hydrogens (tertiary/aromatic N) is 3. The summed E-state index contributed by atoms with van der Waals surface area (Å²) in [5.41, 5.74) is 2.65. The van der Waals surface area contributed by atoms with Gasteiger partial charge in [-0.3, -0.25) is 9.11 Å². The highest BCUT2D eigenvalue weighted by Gasteiger charge is 2.16. The molecule has 3 aromatic rings. The Balaban J connectivity index is 1.53. The molecule has 0 amide bonds. The highest BCUT2D eigenvalue weighted by molar-refractivity contribution is 7.85. The standard InChI is InChI=1S/C26H32ClN5O3S/c1-18(2)36(33)24-7-5-4-6-21(24)29-25-20(27)17-28-26(31-25)30-22-16-19(8-9-23(22)34-3)10-11-32-12-14-35-15-13-32/h4-9,16-18H,10-15H2,1-3H3,(H2,28,29,30,31). The van der Waals surface area contributed by atoms with Crippen LogP contribution in [0, 0.1) is 0 Å². The Morgan fingerprint density at radius 3 is 2.67 bits per heavy atom. The van der Waals surface area contributed by atoms with Crippen molar-refractivity contribution in [1.82, 2.24) is 14.9 Å². The van der Waals surface area contributed by atoms with Gasteiger partial charge >= 0.3 is 0 Å². The highest BCUT2D eigenvalue weighted by atomic mass is 35.5. The number of ether oxygens (including phenoxy) is 2. The van der Waals surface area contributed by atoms with Crippen molar-refractivity contribution in [2.24, 2.45) is 0 Å². The van der Waals surface area contributed by atoms with Crippen molar-refractivity contribution in [3.8, 4) is 5.75 Å². The Hall–Kier alpha value is -2.72. The fraction of sp³-hybridized carbons (Fsp3) is 0.385. The lowest BCUT2D eigenvalue weighted by Crippen LogP contribution is -2.37. The summed E-state index contributed by atoms with van der Waals surface area (Å²) in [5, 5.41) is 6.85. The van der Waals surface area contributed by atoms with Crippen LogP contribution in [0.4, 0.5) is 23.1 Å². The highest BCUT2D eigenvalue weighted by Crippen LogP contribution is 2.31. The number of hydrogen-bond donors (Lipinski definition) is 2. The van der Waals surface area contributed by atoms with Crippen molar-refractivity contribution >= 4 is 45.5 Å². The van der Waals surface area contributed by atoms with Crippen molar-refractivity contribution in [3.05, 3.63) is 59.2 Å². The van der Waals surface area contributed by atoms with E-state index in [1.54, 1.807) is 7.11 Å². The van der Waals surface area contributed by atoms with Crippen LogP contribution in [-0.2, 0) is 22.0 Å². The summed E-state index contributed by atoms with van der Waals surface area (Å²) in [6, 6.07) is 13.5. The number of aromatic nitrogens is 2. The average molecular weight is 530 g/mol. The molecule has 10 heteroatoms. The average Bonchev–Trinajstić information content (AvgIpc) is 2.90. The Kier molecular flexibility index (Phi) is 9.14. The molecule has 8 nitrogen and oxygen atoms in total. The maximum atomic E-state index is 12.8. The molecule has 0 saturated carbocycles. The Morgan fingerprint density at radius 1 is 1.14 bits per heavy atom. The number of halogens is 1. The van der Waals surface area contributed by atoms with E-state index in [1.807, 2.05) is 44.2 Å². The minimum atomic E-state index is -1.17. The van der Waals surface area contributed by atoms with Crippen LogP contribution < -0.4 is 15.4 Å². The van der Waals surface area contributed by atoms with E-state index in [-0.39, 0.29) is 5.25 Å². The first-order valence-corrected chi connectivity index (χ1v) is 13.6. The zero-order valence-electron chi connectivity index (χ0n) is 20.8. The molecule has 1 aromatic heterocycles. The first kappa shape index (κ1) is 26.3. The van der Waals surface area contributed by atoms with Gasteiger partial charge in [-0.25, -0.2) is 4.98 Å². The molecule has 1 saturated heterocycles. The normalized spacial score (nSPS) is 15.0. The molecule has 36 heavy (non-hydrogen) atoms. The summed E-state index contributed by atoms with van der Waals surface area (Å²) in [6.45, 7) is 8.32. The van der Waals surface area contributed by atoms with Gasteiger partial charge in [-0.2, -0.15) is 4.98 Å². The fourth-order valence-corrected chi connectivity index (χ4v) is 5.08. The van der Waals surface area contributed by atoms with Crippen LogP contribution in [0.25, 0.3) is 0 Å². The van der Waals surface area contributed by atoms with Crippen LogP contribution in [0.15, 0.2) is 53.6 Å². The van der Waals surface area contributed by atoms with E-state index in [0.717, 1.165) is 45.0 Å². The summed E-state index contributed by atoms with van der Waals surface area (Å²) < 4.78 is 23.8. The summed E-state index contributed by atoms with van der Waals surface area (Å²) in [6.07, 6.45) is 2.45. The van der Waals surface area contributed by atoms with Crippen LogP contribution >= 0.6 is 11.6 Å². The van der Waals surface area contributed by atoms with Gasteiger partial charge in [-0.05, 0) is 36.2 Å². The van der Waals surface area contributed by atoms with E-state index in [0.29, 0.717) is 33.1 Å². The molecule has 4 rings (SSSR count).